The van der Waals surface area contributed by atoms with Crippen molar-refractivity contribution in [1.82, 2.24) is 14.9 Å². The summed E-state index contributed by atoms with van der Waals surface area (Å²) in [5.41, 5.74) is 7.00. The Hall–Kier alpha value is -1.36. The van der Waals surface area contributed by atoms with Crippen molar-refractivity contribution in [1.29, 1.82) is 0 Å². The Labute approximate surface area is 121 Å². The minimum absolute atomic E-state index is 0.383. The van der Waals surface area contributed by atoms with Gasteiger partial charge in [0.25, 0.3) is 0 Å². The molecule has 3 rings (SSSR count). The summed E-state index contributed by atoms with van der Waals surface area (Å²) >= 11 is 0. The second kappa shape index (κ2) is 5.56. The Morgan fingerprint density at radius 1 is 1.30 bits per heavy atom. The van der Waals surface area contributed by atoms with Gasteiger partial charge in [0.05, 0.1) is 0 Å². The van der Waals surface area contributed by atoms with E-state index < -0.39 is 0 Å². The van der Waals surface area contributed by atoms with Crippen molar-refractivity contribution in [3.05, 3.63) is 11.4 Å². The lowest BCUT2D eigenvalue weighted by molar-refractivity contribution is 0.327. The molecule has 1 aromatic rings. The second-order valence-corrected chi connectivity index (χ2v) is 6.27. The Morgan fingerprint density at radius 2 is 2.00 bits per heavy atom. The number of aromatic nitrogens is 2. The average molecular weight is 275 g/mol. The third-order valence-electron chi connectivity index (χ3n) is 4.26. The molecule has 1 aliphatic carbocycles. The maximum absolute atomic E-state index is 6.02. The molecule has 2 fully saturated rings. The molecular formula is C15H25N5. The Bertz CT molecular complexity index is 477. The van der Waals surface area contributed by atoms with E-state index in [1.165, 1.54) is 38.8 Å². The Kier molecular flexibility index (Phi) is 3.78. The first-order chi connectivity index (χ1) is 9.63. The van der Waals surface area contributed by atoms with Gasteiger partial charge in [0.2, 0.25) is 0 Å². The summed E-state index contributed by atoms with van der Waals surface area (Å²) < 4.78 is 0. The number of nitrogens with two attached hydrogens (primary N) is 1. The van der Waals surface area contributed by atoms with Crippen molar-refractivity contribution in [3.8, 4) is 0 Å². The molecule has 0 bridgehead atoms. The molecule has 1 unspecified atom stereocenters. The zero-order chi connectivity index (χ0) is 14.1. The van der Waals surface area contributed by atoms with Gasteiger partial charge in [-0.2, -0.15) is 0 Å². The molecule has 0 radical (unpaired) electrons. The van der Waals surface area contributed by atoms with Crippen LogP contribution in [0.1, 0.15) is 49.9 Å². The quantitative estimate of drug-likeness (QED) is 0.862. The summed E-state index contributed by atoms with van der Waals surface area (Å²) in [6.45, 7) is 7.74. The largest absolute Gasteiger partial charge is 0.383 e. The first kappa shape index (κ1) is 13.6. The number of nitrogens with one attached hydrogen (secondary N) is 1. The van der Waals surface area contributed by atoms with E-state index in [4.69, 9.17) is 5.73 Å². The lowest BCUT2D eigenvalue weighted by Gasteiger charge is -2.22. The van der Waals surface area contributed by atoms with E-state index in [9.17, 15) is 0 Å². The van der Waals surface area contributed by atoms with Gasteiger partial charge >= 0.3 is 0 Å². The highest BCUT2D eigenvalue weighted by Crippen LogP contribution is 2.39. The first-order valence-corrected chi connectivity index (χ1v) is 7.76. The number of nitrogen functional groups attached to an aromatic ring is 1. The summed E-state index contributed by atoms with van der Waals surface area (Å²) in [6.07, 6.45) is 5.06. The van der Waals surface area contributed by atoms with Crippen LogP contribution in [0.5, 0.6) is 0 Å². The average Bonchev–Trinajstić information content (AvgIpc) is 3.14. The van der Waals surface area contributed by atoms with E-state index in [2.05, 4.69) is 27.1 Å². The fourth-order valence-electron chi connectivity index (χ4n) is 2.85. The molecule has 1 saturated carbocycles. The SMILES string of the molecule is Cc1c(N)nc(C2CC2)nc1NC(C)CN1CCCC1. The third-order valence-corrected chi connectivity index (χ3v) is 4.26. The van der Waals surface area contributed by atoms with Crippen LogP contribution in [0.2, 0.25) is 0 Å². The lowest BCUT2D eigenvalue weighted by Crippen LogP contribution is -2.33. The lowest BCUT2D eigenvalue weighted by atomic mass is 10.2. The monoisotopic (exact) mass is 275 g/mol. The van der Waals surface area contributed by atoms with Gasteiger partial charge < -0.3 is 16.0 Å². The maximum atomic E-state index is 6.02. The molecule has 1 aliphatic heterocycles. The van der Waals surface area contributed by atoms with Crippen LogP contribution in [0.25, 0.3) is 0 Å². The van der Waals surface area contributed by atoms with Crippen molar-refractivity contribution >= 4 is 11.6 Å². The summed E-state index contributed by atoms with van der Waals surface area (Å²) in [4.78, 5) is 11.6. The van der Waals surface area contributed by atoms with Gasteiger partial charge in [0, 0.05) is 24.1 Å². The van der Waals surface area contributed by atoms with Crippen LogP contribution >= 0.6 is 0 Å². The number of anilines is 2. The highest BCUT2D eigenvalue weighted by molar-refractivity contribution is 5.55. The van der Waals surface area contributed by atoms with Crippen molar-refractivity contribution in [2.75, 3.05) is 30.7 Å². The number of likely N-dealkylation sites (tertiary alicyclic amines) is 1. The summed E-state index contributed by atoms with van der Waals surface area (Å²) in [5, 5.41) is 3.53. The molecule has 0 spiro atoms. The van der Waals surface area contributed by atoms with Gasteiger partial charge in [0.1, 0.15) is 17.5 Å². The molecule has 0 amide bonds. The molecule has 20 heavy (non-hydrogen) atoms. The van der Waals surface area contributed by atoms with Crippen LogP contribution in [-0.4, -0.2) is 40.5 Å². The molecule has 2 aliphatic rings. The zero-order valence-corrected chi connectivity index (χ0v) is 12.5. The fourth-order valence-corrected chi connectivity index (χ4v) is 2.85. The van der Waals surface area contributed by atoms with Crippen molar-refractivity contribution in [2.45, 2.75) is 51.5 Å². The summed E-state index contributed by atoms with van der Waals surface area (Å²) in [6, 6.07) is 0.383. The normalized spacial score (nSPS) is 21.1. The standard InChI is InChI=1S/C15H25N5/c1-10(9-20-7-3-4-8-20)17-14-11(2)13(16)18-15(19-14)12-5-6-12/h10,12H,3-9H2,1-2H3,(H3,16,17,18,19). The molecule has 2 heterocycles. The summed E-state index contributed by atoms with van der Waals surface area (Å²) in [5.74, 6) is 3.00. The predicted octanol–water partition coefficient (Wildman–Crippen LogP) is 2.14. The highest BCUT2D eigenvalue weighted by atomic mass is 15.2. The van der Waals surface area contributed by atoms with Gasteiger partial charge in [-0.15, -0.1) is 0 Å². The van der Waals surface area contributed by atoms with Crippen LogP contribution in [0.3, 0.4) is 0 Å². The van der Waals surface area contributed by atoms with E-state index in [0.29, 0.717) is 17.8 Å². The van der Waals surface area contributed by atoms with Gasteiger partial charge in [-0.1, -0.05) is 0 Å². The van der Waals surface area contributed by atoms with Crippen LogP contribution < -0.4 is 11.1 Å². The van der Waals surface area contributed by atoms with E-state index >= 15 is 0 Å². The first-order valence-electron chi connectivity index (χ1n) is 7.76. The van der Waals surface area contributed by atoms with E-state index in [1.807, 2.05) is 6.92 Å². The number of nitrogens with zero attached hydrogens (tertiary/aromatic N) is 3. The molecule has 1 atom stereocenters. The molecule has 110 valence electrons. The van der Waals surface area contributed by atoms with E-state index in [1.54, 1.807) is 0 Å². The van der Waals surface area contributed by atoms with Gasteiger partial charge in [-0.25, -0.2) is 9.97 Å². The van der Waals surface area contributed by atoms with E-state index in [-0.39, 0.29) is 0 Å². The van der Waals surface area contributed by atoms with Crippen molar-refractivity contribution < 1.29 is 0 Å². The second-order valence-electron chi connectivity index (χ2n) is 6.27. The molecule has 5 heteroatoms. The topological polar surface area (TPSA) is 67.1 Å². The maximum Gasteiger partial charge on any atom is 0.136 e. The van der Waals surface area contributed by atoms with Gasteiger partial charge in [-0.05, 0) is 52.6 Å². The van der Waals surface area contributed by atoms with Crippen LogP contribution in [-0.2, 0) is 0 Å². The minimum atomic E-state index is 0.383. The summed E-state index contributed by atoms with van der Waals surface area (Å²) in [7, 11) is 0. The highest BCUT2D eigenvalue weighted by Gasteiger charge is 2.28. The predicted molar refractivity (Wildman–Crippen MR) is 81.9 cm³/mol. The Balaban J connectivity index is 1.68. The number of hydrogen-bond donors (Lipinski definition) is 2. The molecule has 3 N–H and O–H groups in total. The van der Waals surface area contributed by atoms with Gasteiger partial charge in [-0.3, -0.25) is 0 Å². The third kappa shape index (κ3) is 3.03. The van der Waals surface area contributed by atoms with Crippen molar-refractivity contribution in [2.24, 2.45) is 0 Å². The molecule has 0 aromatic carbocycles. The van der Waals surface area contributed by atoms with E-state index in [0.717, 1.165) is 23.8 Å². The smallest absolute Gasteiger partial charge is 0.136 e. The Morgan fingerprint density at radius 3 is 2.65 bits per heavy atom. The fraction of sp³-hybridized carbons (Fsp3) is 0.733. The zero-order valence-electron chi connectivity index (χ0n) is 12.5. The van der Waals surface area contributed by atoms with Crippen LogP contribution in [0, 0.1) is 6.92 Å². The van der Waals surface area contributed by atoms with Gasteiger partial charge in [0.15, 0.2) is 0 Å². The molecule has 1 saturated heterocycles. The molecular weight excluding hydrogens is 250 g/mol. The van der Waals surface area contributed by atoms with Crippen molar-refractivity contribution in [3.63, 3.8) is 0 Å². The number of rotatable bonds is 5. The number of hydrogen-bond acceptors (Lipinski definition) is 5. The molecule has 5 nitrogen and oxygen atoms in total. The minimum Gasteiger partial charge on any atom is -0.383 e. The van der Waals surface area contributed by atoms with Crippen LogP contribution in [0.15, 0.2) is 0 Å². The molecule has 1 aromatic heterocycles. The van der Waals surface area contributed by atoms with Crippen LogP contribution in [0.4, 0.5) is 11.6 Å².